The van der Waals surface area contributed by atoms with Crippen molar-refractivity contribution in [1.29, 1.82) is 0 Å². The highest BCUT2D eigenvalue weighted by Crippen LogP contribution is 2.22. The Morgan fingerprint density at radius 2 is 1.78 bits per heavy atom. The Morgan fingerprint density at radius 3 is 2.44 bits per heavy atom. The number of hydrazone groups is 1. The molecule has 2 rings (SSSR count). The second-order valence-electron chi connectivity index (χ2n) is 6.16. The minimum absolute atomic E-state index is 0.0645. The van der Waals surface area contributed by atoms with Crippen LogP contribution in [0.15, 0.2) is 47.6 Å². The molecule has 0 aromatic heterocycles. The Bertz CT molecular complexity index is 848. The molecule has 142 valence electrons. The van der Waals surface area contributed by atoms with Gasteiger partial charge in [0.2, 0.25) is 5.91 Å². The Balaban J connectivity index is 2.04. The van der Waals surface area contributed by atoms with Crippen LogP contribution in [0.25, 0.3) is 0 Å². The van der Waals surface area contributed by atoms with Crippen molar-refractivity contribution in [3.8, 4) is 5.75 Å². The first kappa shape index (κ1) is 20.4. The summed E-state index contributed by atoms with van der Waals surface area (Å²) < 4.78 is 0. The van der Waals surface area contributed by atoms with Crippen LogP contribution in [0.4, 0.5) is 11.4 Å². The lowest BCUT2D eigenvalue weighted by molar-refractivity contribution is -0.116. The van der Waals surface area contributed by atoms with Crippen molar-refractivity contribution in [2.24, 2.45) is 5.10 Å². The van der Waals surface area contributed by atoms with Gasteiger partial charge in [0.1, 0.15) is 5.75 Å². The number of rotatable bonds is 6. The monoisotopic (exact) mass is 384 g/mol. The normalized spacial score (nSPS) is 11.0. The maximum absolute atomic E-state index is 11.7. The summed E-state index contributed by atoms with van der Waals surface area (Å²) in [7, 11) is 0. The lowest BCUT2D eigenvalue weighted by Crippen LogP contribution is -2.25. The zero-order valence-corrected chi connectivity index (χ0v) is 16.5. The third kappa shape index (κ3) is 6.38. The third-order valence-electron chi connectivity index (χ3n) is 3.78. The molecule has 4 N–H and O–H groups in total. The molecule has 7 heteroatoms. The number of benzene rings is 2. The van der Waals surface area contributed by atoms with Crippen LogP contribution in [0.1, 0.15) is 37.8 Å². The summed E-state index contributed by atoms with van der Waals surface area (Å²) in [4.78, 5) is 11.7. The molecule has 0 aliphatic heterocycles. The van der Waals surface area contributed by atoms with Crippen LogP contribution in [0.2, 0.25) is 0 Å². The molecule has 6 nitrogen and oxygen atoms in total. The maximum Gasteiger partial charge on any atom is 0.224 e. The van der Waals surface area contributed by atoms with Gasteiger partial charge in [-0.2, -0.15) is 5.10 Å². The quantitative estimate of drug-likeness (QED) is 0.260. The molecule has 0 unspecified atom stereocenters. The van der Waals surface area contributed by atoms with Crippen LogP contribution in [0.3, 0.4) is 0 Å². The van der Waals surface area contributed by atoms with E-state index in [9.17, 15) is 9.90 Å². The largest absolute Gasteiger partial charge is 0.507 e. The predicted octanol–water partition coefficient (Wildman–Crippen LogP) is 4.15. The van der Waals surface area contributed by atoms with E-state index in [2.05, 4.69) is 21.2 Å². The second-order valence-corrected chi connectivity index (χ2v) is 6.57. The molecule has 27 heavy (non-hydrogen) atoms. The van der Waals surface area contributed by atoms with Gasteiger partial charge in [0.15, 0.2) is 5.11 Å². The van der Waals surface area contributed by atoms with E-state index in [1.165, 1.54) is 6.07 Å². The summed E-state index contributed by atoms with van der Waals surface area (Å²) in [5, 5.41) is 20.5. The highest BCUT2D eigenvalue weighted by atomic mass is 32.1. The van der Waals surface area contributed by atoms with Gasteiger partial charge >= 0.3 is 0 Å². The SMILES string of the molecule is CCCC(=O)Nc1ccc(O)c(/C(C)=N/NC(=S)Nc2ccc(C)cc2)c1. The van der Waals surface area contributed by atoms with E-state index in [-0.39, 0.29) is 11.7 Å². The summed E-state index contributed by atoms with van der Waals surface area (Å²) in [6.07, 6.45) is 1.22. The van der Waals surface area contributed by atoms with Crippen LogP contribution in [-0.4, -0.2) is 21.8 Å². The van der Waals surface area contributed by atoms with Crippen molar-refractivity contribution < 1.29 is 9.90 Å². The number of aromatic hydroxyl groups is 1. The molecule has 0 radical (unpaired) electrons. The van der Waals surface area contributed by atoms with Gasteiger partial charge in [-0.3, -0.25) is 10.2 Å². The van der Waals surface area contributed by atoms with Crippen LogP contribution in [-0.2, 0) is 4.79 Å². The van der Waals surface area contributed by atoms with Crippen molar-refractivity contribution >= 4 is 40.3 Å². The lowest BCUT2D eigenvalue weighted by Gasteiger charge is -2.11. The first-order chi connectivity index (χ1) is 12.9. The Morgan fingerprint density at radius 1 is 1.11 bits per heavy atom. The van der Waals surface area contributed by atoms with E-state index in [0.717, 1.165) is 17.7 Å². The number of nitrogens with one attached hydrogen (secondary N) is 3. The van der Waals surface area contributed by atoms with Crippen molar-refractivity contribution in [3.05, 3.63) is 53.6 Å². The fourth-order valence-corrected chi connectivity index (χ4v) is 2.51. The molecule has 0 atom stereocenters. The van der Waals surface area contributed by atoms with Gasteiger partial charge in [0, 0.05) is 23.4 Å². The minimum Gasteiger partial charge on any atom is -0.507 e. The number of amides is 1. The standard InChI is InChI=1S/C20H24N4O2S/c1-4-5-19(26)21-16-10-11-18(25)17(12-16)14(3)23-24-20(27)22-15-8-6-13(2)7-9-15/h6-12,25H,4-5H2,1-3H3,(H,21,26)(H2,22,24,27)/b23-14+. The number of hydrogen-bond acceptors (Lipinski definition) is 4. The van der Waals surface area contributed by atoms with Crippen LogP contribution < -0.4 is 16.1 Å². The maximum atomic E-state index is 11.7. The molecule has 0 fully saturated rings. The molecular formula is C20H24N4O2S. The number of thiocarbonyl (C=S) groups is 1. The van der Waals surface area contributed by atoms with E-state index >= 15 is 0 Å². The fourth-order valence-electron chi connectivity index (χ4n) is 2.34. The smallest absolute Gasteiger partial charge is 0.224 e. The first-order valence-electron chi connectivity index (χ1n) is 8.70. The molecule has 0 heterocycles. The number of phenols is 1. The lowest BCUT2D eigenvalue weighted by atomic mass is 10.1. The highest BCUT2D eigenvalue weighted by Gasteiger charge is 2.09. The average Bonchev–Trinajstić information content (AvgIpc) is 2.63. The van der Waals surface area contributed by atoms with Crippen LogP contribution in [0, 0.1) is 6.92 Å². The Labute approximate surface area is 164 Å². The zero-order valence-electron chi connectivity index (χ0n) is 15.7. The summed E-state index contributed by atoms with van der Waals surface area (Å²) in [6.45, 7) is 5.70. The molecule has 0 aliphatic rings. The van der Waals surface area contributed by atoms with Gasteiger partial charge in [-0.25, -0.2) is 0 Å². The van der Waals surface area contributed by atoms with Crippen molar-refractivity contribution in [1.82, 2.24) is 5.43 Å². The summed E-state index contributed by atoms with van der Waals surface area (Å²) >= 11 is 5.23. The minimum atomic E-state index is -0.0645. The molecule has 2 aromatic rings. The van der Waals surface area contributed by atoms with Crippen LogP contribution >= 0.6 is 12.2 Å². The second kappa shape index (κ2) is 9.68. The zero-order chi connectivity index (χ0) is 19.8. The summed E-state index contributed by atoms with van der Waals surface area (Å²) in [5.41, 5.74) is 6.43. The number of carbonyl (C=O) groups excluding carboxylic acids is 1. The summed E-state index contributed by atoms with van der Waals surface area (Å²) in [5.74, 6) is 0.00860. The first-order valence-corrected chi connectivity index (χ1v) is 9.11. The summed E-state index contributed by atoms with van der Waals surface area (Å²) in [6, 6.07) is 12.7. The molecule has 0 aliphatic carbocycles. The van der Waals surface area contributed by atoms with Crippen molar-refractivity contribution in [3.63, 3.8) is 0 Å². The molecule has 0 saturated carbocycles. The van der Waals surface area contributed by atoms with Crippen molar-refractivity contribution in [2.75, 3.05) is 10.6 Å². The number of anilines is 2. The molecule has 1 amide bonds. The predicted molar refractivity (Wildman–Crippen MR) is 114 cm³/mol. The van der Waals surface area contributed by atoms with E-state index in [1.807, 2.05) is 38.1 Å². The van der Waals surface area contributed by atoms with Gasteiger partial charge in [-0.15, -0.1) is 0 Å². The number of hydrogen-bond donors (Lipinski definition) is 4. The van der Waals surface area contributed by atoms with Crippen LogP contribution in [0.5, 0.6) is 5.75 Å². The topological polar surface area (TPSA) is 85.8 Å². The van der Waals surface area contributed by atoms with Gasteiger partial charge in [-0.1, -0.05) is 24.6 Å². The molecule has 0 spiro atoms. The Hall–Kier alpha value is -2.93. The van der Waals surface area contributed by atoms with E-state index < -0.39 is 0 Å². The van der Waals surface area contributed by atoms with E-state index in [0.29, 0.717) is 28.5 Å². The molecule has 0 saturated heterocycles. The number of nitrogens with zero attached hydrogens (tertiary/aromatic N) is 1. The highest BCUT2D eigenvalue weighted by molar-refractivity contribution is 7.80. The Kier molecular flexibility index (Phi) is 7.31. The van der Waals surface area contributed by atoms with Gasteiger partial charge in [0.05, 0.1) is 5.71 Å². The van der Waals surface area contributed by atoms with E-state index in [4.69, 9.17) is 12.2 Å². The van der Waals surface area contributed by atoms with E-state index in [1.54, 1.807) is 19.1 Å². The number of carbonyl (C=O) groups is 1. The molecule has 2 aromatic carbocycles. The fraction of sp³-hybridized carbons (Fsp3) is 0.250. The number of phenolic OH excluding ortho intramolecular Hbond substituents is 1. The third-order valence-corrected chi connectivity index (χ3v) is 3.98. The van der Waals surface area contributed by atoms with Gasteiger partial charge < -0.3 is 15.7 Å². The molecule has 0 bridgehead atoms. The molecular weight excluding hydrogens is 360 g/mol. The van der Waals surface area contributed by atoms with Crippen molar-refractivity contribution in [2.45, 2.75) is 33.6 Å². The van der Waals surface area contributed by atoms with Gasteiger partial charge in [0.25, 0.3) is 0 Å². The van der Waals surface area contributed by atoms with Gasteiger partial charge in [-0.05, 0) is 62.8 Å². The number of aryl methyl sites for hydroxylation is 1. The average molecular weight is 385 g/mol.